The highest BCUT2D eigenvalue weighted by Gasteiger charge is 2.15. The van der Waals surface area contributed by atoms with Crippen molar-refractivity contribution in [2.75, 3.05) is 11.4 Å². The molecule has 0 saturated heterocycles. The van der Waals surface area contributed by atoms with E-state index in [0.717, 1.165) is 23.7 Å². The molecule has 2 rings (SSSR count). The largest absolute Gasteiger partial charge is 0.363 e. The highest BCUT2D eigenvalue weighted by molar-refractivity contribution is 7.09. The van der Waals surface area contributed by atoms with Gasteiger partial charge in [-0.15, -0.1) is 11.3 Å². The first-order chi connectivity index (χ1) is 9.61. The summed E-state index contributed by atoms with van der Waals surface area (Å²) in [4.78, 5) is 3.68. The van der Waals surface area contributed by atoms with Gasteiger partial charge < -0.3 is 10.6 Å². The molecule has 0 spiro atoms. The van der Waals surface area contributed by atoms with Crippen molar-refractivity contribution in [1.82, 2.24) is 0 Å². The van der Waals surface area contributed by atoms with Crippen LogP contribution in [0.4, 0.5) is 5.69 Å². The Bertz CT molecular complexity index is 537. The van der Waals surface area contributed by atoms with Crippen molar-refractivity contribution in [2.24, 2.45) is 5.73 Å². The molecule has 2 aromatic rings. The molecule has 0 saturated carbocycles. The van der Waals surface area contributed by atoms with E-state index in [1.807, 2.05) is 6.07 Å². The number of halogens is 1. The summed E-state index contributed by atoms with van der Waals surface area (Å²) in [5, 5.41) is 2.92. The molecule has 0 aliphatic carbocycles. The molecule has 108 valence electrons. The van der Waals surface area contributed by atoms with Gasteiger partial charge in [-0.05, 0) is 56.0 Å². The fourth-order valence-electron chi connectivity index (χ4n) is 2.22. The number of anilines is 1. The highest BCUT2D eigenvalue weighted by atomic mass is 35.5. The molecule has 0 amide bonds. The Morgan fingerprint density at radius 2 is 2.10 bits per heavy atom. The monoisotopic (exact) mass is 308 g/mol. The molecule has 0 bridgehead atoms. The first-order valence-electron chi connectivity index (χ1n) is 6.89. The zero-order chi connectivity index (χ0) is 14.5. The Labute approximate surface area is 130 Å². The summed E-state index contributed by atoms with van der Waals surface area (Å²) in [5.41, 5.74) is 7.88. The Hall–Kier alpha value is -1.03. The summed E-state index contributed by atoms with van der Waals surface area (Å²) in [5.74, 6) is 0. The zero-order valence-corrected chi connectivity index (χ0v) is 13.5. The van der Waals surface area contributed by atoms with Gasteiger partial charge in [0.15, 0.2) is 0 Å². The minimum absolute atomic E-state index is 0.398. The van der Waals surface area contributed by atoms with Crippen LogP contribution in [0.15, 0.2) is 35.7 Å². The maximum atomic E-state index is 6.47. The van der Waals surface area contributed by atoms with Gasteiger partial charge in [0.1, 0.15) is 0 Å². The van der Waals surface area contributed by atoms with Crippen LogP contribution in [0.3, 0.4) is 0 Å². The van der Waals surface area contributed by atoms with Crippen molar-refractivity contribution in [3.8, 4) is 0 Å². The molecular formula is C16H21ClN2S. The molecule has 0 atom stereocenters. The fourth-order valence-corrected chi connectivity index (χ4v) is 3.24. The van der Waals surface area contributed by atoms with Crippen molar-refractivity contribution in [3.63, 3.8) is 0 Å². The Morgan fingerprint density at radius 3 is 2.65 bits per heavy atom. The number of rotatable bonds is 6. The number of hydrogen-bond donors (Lipinski definition) is 1. The third kappa shape index (κ3) is 3.75. The zero-order valence-electron chi connectivity index (χ0n) is 12.0. The van der Waals surface area contributed by atoms with Gasteiger partial charge in [-0.1, -0.05) is 23.7 Å². The Kier molecular flexibility index (Phi) is 5.46. The van der Waals surface area contributed by atoms with Crippen molar-refractivity contribution >= 4 is 28.6 Å². The predicted molar refractivity (Wildman–Crippen MR) is 89.8 cm³/mol. The van der Waals surface area contributed by atoms with Crippen LogP contribution in [0, 0.1) is 0 Å². The van der Waals surface area contributed by atoms with Crippen molar-refractivity contribution in [1.29, 1.82) is 0 Å². The van der Waals surface area contributed by atoms with Crippen LogP contribution in [0.1, 0.15) is 24.3 Å². The van der Waals surface area contributed by atoms with E-state index in [4.69, 9.17) is 17.3 Å². The maximum absolute atomic E-state index is 6.47. The van der Waals surface area contributed by atoms with Crippen LogP contribution in [0.25, 0.3) is 0 Å². The lowest BCUT2D eigenvalue weighted by Gasteiger charge is -2.29. The van der Waals surface area contributed by atoms with Gasteiger partial charge in [-0.25, -0.2) is 0 Å². The Balaban J connectivity index is 2.25. The lowest BCUT2D eigenvalue weighted by Crippen LogP contribution is -2.30. The van der Waals surface area contributed by atoms with Crippen molar-refractivity contribution in [3.05, 3.63) is 51.2 Å². The third-order valence-corrected chi connectivity index (χ3v) is 4.45. The van der Waals surface area contributed by atoms with E-state index >= 15 is 0 Å². The minimum atomic E-state index is 0.398. The summed E-state index contributed by atoms with van der Waals surface area (Å²) >= 11 is 8.24. The molecule has 4 heteroatoms. The standard InChI is InChI=1S/C16H21ClN2S/c1-12(2)19(11-14-4-3-9-20-14)16-6-5-13(7-8-18)10-15(16)17/h3-6,9-10,12H,7-8,11,18H2,1-2H3. The highest BCUT2D eigenvalue weighted by Crippen LogP contribution is 2.30. The molecule has 0 fully saturated rings. The summed E-state index contributed by atoms with van der Waals surface area (Å²) in [6.45, 7) is 5.93. The topological polar surface area (TPSA) is 29.3 Å². The van der Waals surface area contributed by atoms with Gasteiger partial charge in [0.05, 0.1) is 17.3 Å². The minimum Gasteiger partial charge on any atom is -0.363 e. The first kappa shape index (κ1) is 15.4. The SMILES string of the molecule is CC(C)N(Cc1cccs1)c1ccc(CCN)cc1Cl. The molecule has 0 aliphatic heterocycles. The van der Waals surface area contributed by atoms with E-state index in [1.165, 1.54) is 10.4 Å². The number of nitrogens with two attached hydrogens (primary N) is 1. The molecule has 1 aromatic carbocycles. The second kappa shape index (κ2) is 7.11. The van der Waals surface area contributed by atoms with Gasteiger partial charge in [0.25, 0.3) is 0 Å². The average molecular weight is 309 g/mol. The molecule has 0 radical (unpaired) electrons. The van der Waals surface area contributed by atoms with Crippen LogP contribution in [-0.2, 0) is 13.0 Å². The van der Waals surface area contributed by atoms with Crippen LogP contribution in [0.2, 0.25) is 5.02 Å². The predicted octanol–water partition coefficient (Wildman–Crippen LogP) is 4.32. The molecule has 1 heterocycles. The number of nitrogens with zero attached hydrogens (tertiary/aromatic N) is 1. The summed E-state index contributed by atoms with van der Waals surface area (Å²) in [7, 11) is 0. The maximum Gasteiger partial charge on any atom is 0.0642 e. The van der Waals surface area contributed by atoms with Gasteiger partial charge in [-0.3, -0.25) is 0 Å². The quantitative estimate of drug-likeness (QED) is 0.861. The van der Waals surface area contributed by atoms with Crippen LogP contribution >= 0.6 is 22.9 Å². The van der Waals surface area contributed by atoms with E-state index in [-0.39, 0.29) is 0 Å². The van der Waals surface area contributed by atoms with Crippen molar-refractivity contribution in [2.45, 2.75) is 32.9 Å². The van der Waals surface area contributed by atoms with Crippen molar-refractivity contribution < 1.29 is 0 Å². The van der Waals surface area contributed by atoms with E-state index in [2.05, 4.69) is 48.4 Å². The lowest BCUT2D eigenvalue weighted by molar-refractivity contribution is 0.687. The normalized spacial score (nSPS) is 11.1. The number of benzene rings is 1. The molecular weight excluding hydrogens is 288 g/mol. The second-order valence-corrected chi connectivity index (χ2v) is 6.56. The summed E-state index contributed by atoms with van der Waals surface area (Å²) in [6, 6.07) is 10.9. The molecule has 2 nitrogen and oxygen atoms in total. The number of hydrogen-bond acceptors (Lipinski definition) is 3. The summed E-state index contributed by atoms with van der Waals surface area (Å²) in [6.07, 6.45) is 0.868. The third-order valence-electron chi connectivity index (χ3n) is 3.28. The number of thiophene rings is 1. The van der Waals surface area contributed by atoms with E-state index in [9.17, 15) is 0 Å². The molecule has 2 N–H and O–H groups in total. The van der Waals surface area contributed by atoms with Crippen LogP contribution in [-0.4, -0.2) is 12.6 Å². The average Bonchev–Trinajstić information content (AvgIpc) is 2.90. The molecule has 20 heavy (non-hydrogen) atoms. The Morgan fingerprint density at radius 1 is 1.30 bits per heavy atom. The van der Waals surface area contributed by atoms with E-state index in [1.54, 1.807) is 11.3 Å². The van der Waals surface area contributed by atoms with Crippen LogP contribution in [0.5, 0.6) is 0 Å². The van der Waals surface area contributed by atoms with Gasteiger partial charge in [0.2, 0.25) is 0 Å². The van der Waals surface area contributed by atoms with E-state index < -0.39 is 0 Å². The fraction of sp³-hybridized carbons (Fsp3) is 0.375. The van der Waals surface area contributed by atoms with Gasteiger partial charge >= 0.3 is 0 Å². The molecule has 0 aliphatic rings. The molecule has 0 unspecified atom stereocenters. The summed E-state index contributed by atoms with van der Waals surface area (Å²) < 4.78 is 0. The van der Waals surface area contributed by atoms with Crippen LogP contribution < -0.4 is 10.6 Å². The smallest absolute Gasteiger partial charge is 0.0642 e. The second-order valence-electron chi connectivity index (χ2n) is 5.13. The van der Waals surface area contributed by atoms with Gasteiger partial charge in [-0.2, -0.15) is 0 Å². The van der Waals surface area contributed by atoms with Gasteiger partial charge in [0, 0.05) is 10.9 Å². The lowest BCUT2D eigenvalue weighted by atomic mass is 10.1. The first-order valence-corrected chi connectivity index (χ1v) is 8.15. The molecule has 1 aromatic heterocycles. The van der Waals surface area contributed by atoms with E-state index in [0.29, 0.717) is 12.6 Å².